The lowest BCUT2D eigenvalue weighted by molar-refractivity contribution is 0.0948. The second-order valence-electron chi connectivity index (χ2n) is 3.67. The van der Waals surface area contributed by atoms with Crippen molar-refractivity contribution in [3.63, 3.8) is 0 Å². The van der Waals surface area contributed by atoms with Gasteiger partial charge in [0, 0.05) is 13.0 Å². The van der Waals surface area contributed by atoms with Gasteiger partial charge in [-0.25, -0.2) is 9.37 Å². The molecule has 1 aromatic heterocycles. The molecule has 0 saturated heterocycles. The predicted octanol–water partition coefficient (Wildman–Crippen LogP) is 0.867. The monoisotopic (exact) mass is 254 g/mol. The molecule has 0 atom stereocenters. The molecule has 0 bridgehead atoms. The van der Waals surface area contributed by atoms with Crippen molar-refractivity contribution < 1.29 is 14.4 Å². The summed E-state index contributed by atoms with van der Waals surface area (Å²) >= 11 is 0. The predicted molar refractivity (Wildman–Crippen MR) is 63.8 cm³/mol. The third-order valence-electron chi connectivity index (χ3n) is 2.23. The van der Waals surface area contributed by atoms with E-state index in [9.17, 15) is 9.18 Å². The van der Waals surface area contributed by atoms with Gasteiger partial charge in [0.25, 0.3) is 5.91 Å². The molecule has 0 fully saturated rings. The summed E-state index contributed by atoms with van der Waals surface area (Å²) in [6.07, 6.45) is 2.87. The number of carbonyl (C=O) groups excluding carboxylic acids is 1. The van der Waals surface area contributed by atoms with Gasteiger partial charge in [0.15, 0.2) is 0 Å². The van der Waals surface area contributed by atoms with Gasteiger partial charge in [-0.15, -0.1) is 0 Å². The Bertz CT molecular complexity index is 420. The van der Waals surface area contributed by atoms with E-state index >= 15 is 0 Å². The van der Waals surface area contributed by atoms with E-state index in [-0.39, 0.29) is 17.4 Å². The van der Waals surface area contributed by atoms with Crippen molar-refractivity contribution in [3.8, 4) is 0 Å². The molecular formula is C11H15FN4O2. The molecule has 6 nitrogen and oxygen atoms in total. The number of hydrogen-bond donors (Lipinski definition) is 3. The number of nitrogens with two attached hydrogens (primary N) is 1. The van der Waals surface area contributed by atoms with Gasteiger partial charge in [0.1, 0.15) is 17.3 Å². The van der Waals surface area contributed by atoms with Crippen LogP contribution in [-0.2, 0) is 0 Å². The SMILES string of the molecule is N/C(CCCCNC(=O)c1ccc(F)cn1)=N/O. The number of halogens is 1. The van der Waals surface area contributed by atoms with Gasteiger partial charge >= 0.3 is 0 Å². The molecule has 0 aliphatic carbocycles. The zero-order valence-electron chi connectivity index (χ0n) is 9.77. The Hall–Kier alpha value is -2.18. The van der Waals surface area contributed by atoms with E-state index in [1.807, 2.05) is 0 Å². The number of nitrogens with one attached hydrogen (secondary N) is 1. The molecule has 0 aromatic carbocycles. The van der Waals surface area contributed by atoms with Gasteiger partial charge in [-0.05, 0) is 25.0 Å². The van der Waals surface area contributed by atoms with E-state index in [0.717, 1.165) is 6.20 Å². The van der Waals surface area contributed by atoms with Crippen LogP contribution in [0.5, 0.6) is 0 Å². The molecule has 7 heteroatoms. The first kappa shape index (κ1) is 13.9. The van der Waals surface area contributed by atoms with Crippen LogP contribution < -0.4 is 11.1 Å². The Kier molecular flexibility index (Phi) is 5.56. The van der Waals surface area contributed by atoms with Crippen LogP contribution in [0.1, 0.15) is 29.8 Å². The largest absolute Gasteiger partial charge is 0.409 e. The summed E-state index contributed by atoms with van der Waals surface area (Å²) in [5.74, 6) is -0.661. The van der Waals surface area contributed by atoms with Crippen LogP contribution in [0.2, 0.25) is 0 Å². The fraction of sp³-hybridized carbons (Fsp3) is 0.364. The van der Waals surface area contributed by atoms with Crippen LogP contribution >= 0.6 is 0 Å². The molecule has 0 aliphatic heterocycles. The lowest BCUT2D eigenvalue weighted by Crippen LogP contribution is -2.25. The lowest BCUT2D eigenvalue weighted by atomic mass is 10.2. The molecule has 18 heavy (non-hydrogen) atoms. The van der Waals surface area contributed by atoms with Crippen LogP contribution in [0.15, 0.2) is 23.5 Å². The standard InChI is InChI=1S/C11H15FN4O2/c12-8-4-5-9(15-7-8)11(17)14-6-2-1-3-10(13)16-18/h4-5,7,18H,1-3,6H2,(H2,13,16)(H,14,17). The molecule has 0 radical (unpaired) electrons. The fourth-order valence-corrected chi connectivity index (χ4v) is 1.28. The van der Waals surface area contributed by atoms with Crippen LogP contribution in [0.3, 0.4) is 0 Å². The van der Waals surface area contributed by atoms with Crippen molar-refractivity contribution in [2.75, 3.05) is 6.54 Å². The molecule has 1 aromatic rings. The number of hydrogen-bond acceptors (Lipinski definition) is 4. The van der Waals surface area contributed by atoms with Crippen LogP contribution in [0, 0.1) is 5.82 Å². The van der Waals surface area contributed by atoms with Crippen molar-refractivity contribution >= 4 is 11.7 Å². The highest BCUT2D eigenvalue weighted by Crippen LogP contribution is 1.99. The summed E-state index contributed by atoms with van der Waals surface area (Å²) in [7, 11) is 0. The topological polar surface area (TPSA) is 101 Å². The van der Waals surface area contributed by atoms with Gasteiger partial charge in [0.05, 0.1) is 6.20 Å². The van der Waals surface area contributed by atoms with E-state index in [4.69, 9.17) is 10.9 Å². The smallest absolute Gasteiger partial charge is 0.269 e. The minimum Gasteiger partial charge on any atom is -0.409 e. The molecule has 98 valence electrons. The number of aromatic nitrogens is 1. The summed E-state index contributed by atoms with van der Waals surface area (Å²) in [5.41, 5.74) is 5.46. The van der Waals surface area contributed by atoms with Gasteiger partial charge in [0.2, 0.25) is 0 Å². The minimum absolute atomic E-state index is 0.168. The van der Waals surface area contributed by atoms with Gasteiger partial charge in [-0.2, -0.15) is 0 Å². The molecule has 1 rings (SSSR count). The Labute approximate surface area is 104 Å². The quantitative estimate of drug-likeness (QED) is 0.230. The molecule has 0 aliphatic rings. The van der Waals surface area contributed by atoms with Crippen molar-refractivity contribution in [2.24, 2.45) is 10.9 Å². The van der Waals surface area contributed by atoms with Crippen LogP contribution in [0.4, 0.5) is 4.39 Å². The molecule has 0 unspecified atom stereocenters. The molecule has 1 heterocycles. The number of nitrogens with zero attached hydrogens (tertiary/aromatic N) is 2. The number of carbonyl (C=O) groups is 1. The second kappa shape index (κ2) is 7.21. The van der Waals surface area contributed by atoms with Gasteiger partial charge in [-0.1, -0.05) is 5.16 Å². The van der Waals surface area contributed by atoms with Gasteiger partial charge < -0.3 is 16.3 Å². The first-order valence-electron chi connectivity index (χ1n) is 5.49. The Balaban J connectivity index is 2.23. The Morgan fingerprint density at radius 1 is 1.50 bits per heavy atom. The third kappa shape index (κ3) is 4.77. The highest BCUT2D eigenvalue weighted by molar-refractivity contribution is 5.92. The Morgan fingerprint density at radius 2 is 2.28 bits per heavy atom. The van der Waals surface area contributed by atoms with Crippen molar-refractivity contribution in [1.29, 1.82) is 0 Å². The average Bonchev–Trinajstić information content (AvgIpc) is 2.38. The number of rotatable bonds is 6. The summed E-state index contributed by atoms with van der Waals surface area (Å²) in [4.78, 5) is 15.2. The maximum Gasteiger partial charge on any atom is 0.269 e. The lowest BCUT2D eigenvalue weighted by Gasteiger charge is -2.04. The van der Waals surface area contributed by atoms with E-state index in [0.29, 0.717) is 25.8 Å². The first-order chi connectivity index (χ1) is 8.63. The van der Waals surface area contributed by atoms with Crippen LogP contribution in [-0.4, -0.2) is 28.5 Å². The molecule has 0 saturated carbocycles. The first-order valence-corrected chi connectivity index (χ1v) is 5.49. The summed E-state index contributed by atoms with van der Waals surface area (Å²) < 4.78 is 12.6. The maximum atomic E-state index is 12.6. The number of amidine groups is 1. The molecule has 0 spiro atoms. The van der Waals surface area contributed by atoms with E-state index in [1.54, 1.807) is 0 Å². The van der Waals surface area contributed by atoms with E-state index < -0.39 is 5.82 Å². The normalized spacial score (nSPS) is 11.3. The molecule has 4 N–H and O–H groups in total. The van der Waals surface area contributed by atoms with Crippen molar-refractivity contribution in [2.45, 2.75) is 19.3 Å². The summed E-state index contributed by atoms with van der Waals surface area (Å²) in [5, 5.41) is 13.8. The second-order valence-corrected chi connectivity index (χ2v) is 3.67. The zero-order chi connectivity index (χ0) is 13.4. The minimum atomic E-state index is -0.481. The zero-order valence-corrected chi connectivity index (χ0v) is 9.77. The number of unbranched alkanes of at least 4 members (excludes halogenated alkanes) is 1. The third-order valence-corrected chi connectivity index (χ3v) is 2.23. The van der Waals surface area contributed by atoms with Gasteiger partial charge in [-0.3, -0.25) is 4.79 Å². The maximum absolute atomic E-state index is 12.6. The fourth-order valence-electron chi connectivity index (χ4n) is 1.28. The summed E-state index contributed by atoms with van der Waals surface area (Å²) in [6.45, 7) is 0.455. The molecular weight excluding hydrogens is 239 g/mol. The highest BCUT2D eigenvalue weighted by atomic mass is 19.1. The van der Waals surface area contributed by atoms with Crippen molar-refractivity contribution in [1.82, 2.24) is 10.3 Å². The highest BCUT2D eigenvalue weighted by Gasteiger charge is 2.05. The number of oxime groups is 1. The average molecular weight is 254 g/mol. The number of amides is 1. The molecule has 1 amide bonds. The Morgan fingerprint density at radius 3 is 2.89 bits per heavy atom. The summed E-state index contributed by atoms with van der Waals surface area (Å²) in [6, 6.07) is 2.50. The van der Waals surface area contributed by atoms with Crippen molar-refractivity contribution in [3.05, 3.63) is 29.8 Å². The van der Waals surface area contributed by atoms with E-state index in [1.165, 1.54) is 12.1 Å². The number of pyridine rings is 1. The van der Waals surface area contributed by atoms with Crippen LogP contribution in [0.25, 0.3) is 0 Å². The van der Waals surface area contributed by atoms with E-state index in [2.05, 4.69) is 15.5 Å².